The molecule has 11 heavy (non-hydrogen) atoms. The van der Waals surface area contributed by atoms with Crippen molar-refractivity contribution in [3.05, 3.63) is 0 Å². The average Bonchev–Trinajstić information content (AvgIpc) is 2.36. The molecule has 3 nitrogen and oxygen atoms in total. The molecule has 1 saturated heterocycles. The minimum atomic E-state index is -0.770. The number of nitrogens with zero attached hydrogens (tertiary/aromatic N) is 1. The van der Waals surface area contributed by atoms with Crippen LogP contribution in [0.4, 0.5) is 4.79 Å². The summed E-state index contributed by atoms with van der Waals surface area (Å²) in [6.45, 7) is 0.715. The topological polar surface area (TPSA) is 40.5 Å². The normalized spacial score (nSPS) is 24.1. The molecule has 1 N–H and O–H groups in total. The predicted molar refractivity (Wildman–Crippen MR) is 46.2 cm³/mol. The third-order valence-corrected chi connectivity index (χ3v) is 2.52. The van der Waals surface area contributed by atoms with Gasteiger partial charge in [0.05, 0.1) is 0 Å². The van der Waals surface area contributed by atoms with Crippen molar-refractivity contribution >= 4 is 22.0 Å². The fraction of sp³-hybridized carbons (Fsp3) is 0.857. The smallest absolute Gasteiger partial charge is 0.407 e. The number of hydrogen-bond acceptors (Lipinski definition) is 1. The maximum atomic E-state index is 10.6. The summed E-state index contributed by atoms with van der Waals surface area (Å²) < 4.78 is 0. The van der Waals surface area contributed by atoms with E-state index in [4.69, 9.17) is 5.11 Å². The maximum Gasteiger partial charge on any atom is 0.407 e. The van der Waals surface area contributed by atoms with Gasteiger partial charge in [-0.25, -0.2) is 4.79 Å². The van der Waals surface area contributed by atoms with Crippen LogP contribution in [0.15, 0.2) is 0 Å². The largest absolute Gasteiger partial charge is 0.465 e. The molecule has 4 heteroatoms. The highest BCUT2D eigenvalue weighted by molar-refractivity contribution is 9.09. The summed E-state index contributed by atoms with van der Waals surface area (Å²) >= 11 is 3.32. The first kappa shape index (κ1) is 8.84. The molecule has 0 bridgehead atoms. The Morgan fingerprint density at radius 3 is 3.00 bits per heavy atom. The zero-order chi connectivity index (χ0) is 8.27. The Balaban J connectivity index is 2.44. The lowest BCUT2D eigenvalue weighted by molar-refractivity contribution is 0.139. The van der Waals surface area contributed by atoms with Crippen molar-refractivity contribution < 1.29 is 9.90 Å². The van der Waals surface area contributed by atoms with Gasteiger partial charge >= 0.3 is 6.09 Å². The van der Waals surface area contributed by atoms with Crippen LogP contribution in [-0.4, -0.2) is 34.0 Å². The molecule has 0 aromatic rings. The monoisotopic (exact) mass is 221 g/mol. The van der Waals surface area contributed by atoms with Crippen molar-refractivity contribution in [1.82, 2.24) is 4.90 Å². The summed E-state index contributed by atoms with van der Waals surface area (Å²) in [6, 6.07) is 0.256. The summed E-state index contributed by atoms with van der Waals surface area (Å²) in [6.07, 6.45) is 2.21. The molecule has 0 spiro atoms. The molecule has 0 aliphatic carbocycles. The Kier molecular flexibility index (Phi) is 3.17. The lowest BCUT2D eigenvalue weighted by Crippen LogP contribution is -2.34. The molecule has 1 fully saturated rings. The maximum absolute atomic E-state index is 10.6. The van der Waals surface area contributed by atoms with E-state index in [1.807, 2.05) is 0 Å². The van der Waals surface area contributed by atoms with Crippen LogP contribution < -0.4 is 0 Å². The highest BCUT2D eigenvalue weighted by Crippen LogP contribution is 2.20. The van der Waals surface area contributed by atoms with Crippen molar-refractivity contribution in [3.63, 3.8) is 0 Å². The van der Waals surface area contributed by atoms with Gasteiger partial charge in [0.25, 0.3) is 0 Å². The lowest BCUT2D eigenvalue weighted by atomic mass is 10.2. The second kappa shape index (κ2) is 3.95. The van der Waals surface area contributed by atoms with Crippen LogP contribution in [0.2, 0.25) is 0 Å². The van der Waals surface area contributed by atoms with Gasteiger partial charge in [-0.2, -0.15) is 0 Å². The van der Waals surface area contributed by atoms with Crippen LogP contribution in [0.5, 0.6) is 0 Å². The average molecular weight is 222 g/mol. The van der Waals surface area contributed by atoms with Gasteiger partial charge in [-0.05, 0) is 19.3 Å². The van der Waals surface area contributed by atoms with Crippen molar-refractivity contribution in [3.8, 4) is 0 Å². The fourth-order valence-corrected chi connectivity index (χ4v) is 2.04. The summed E-state index contributed by atoms with van der Waals surface area (Å²) in [5.74, 6) is 0. The van der Waals surface area contributed by atoms with Crippen LogP contribution in [0.1, 0.15) is 19.3 Å². The molecular formula is C7H12BrNO2. The fourth-order valence-electron chi connectivity index (χ4n) is 1.51. The first-order chi connectivity index (χ1) is 5.25. The summed E-state index contributed by atoms with van der Waals surface area (Å²) in [5, 5.41) is 9.61. The number of alkyl halides is 1. The number of carboxylic acid groups (broad SMARTS) is 1. The van der Waals surface area contributed by atoms with Crippen molar-refractivity contribution in [1.29, 1.82) is 0 Å². The molecule has 1 atom stereocenters. The third-order valence-electron chi connectivity index (χ3n) is 2.07. The van der Waals surface area contributed by atoms with E-state index in [9.17, 15) is 4.79 Å². The number of amides is 1. The summed E-state index contributed by atoms with van der Waals surface area (Å²) in [4.78, 5) is 12.1. The molecule has 0 radical (unpaired) electrons. The highest BCUT2D eigenvalue weighted by atomic mass is 79.9. The third kappa shape index (κ3) is 2.09. The minimum absolute atomic E-state index is 0.256. The van der Waals surface area contributed by atoms with E-state index in [0.717, 1.165) is 24.6 Å². The van der Waals surface area contributed by atoms with E-state index in [-0.39, 0.29) is 6.04 Å². The SMILES string of the molecule is O=C(O)N1CCCC1CCBr. The molecule has 1 heterocycles. The van der Waals surface area contributed by atoms with Gasteiger partial charge in [0.15, 0.2) is 0 Å². The highest BCUT2D eigenvalue weighted by Gasteiger charge is 2.27. The Morgan fingerprint density at radius 1 is 1.73 bits per heavy atom. The molecule has 1 aliphatic heterocycles. The van der Waals surface area contributed by atoms with Gasteiger partial charge in [-0.1, -0.05) is 15.9 Å². The van der Waals surface area contributed by atoms with E-state index in [1.54, 1.807) is 4.90 Å². The molecule has 64 valence electrons. The Hall–Kier alpha value is -0.250. The Labute approximate surface area is 74.5 Å². The molecule has 1 rings (SSSR count). The first-order valence-electron chi connectivity index (χ1n) is 3.81. The van der Waals surface area contributed by atoms with Gasteiger partial charge in [0, 0.05) is 17.9 Å². The van der Waals surface area contributed by atoms with E-state index in [2.05, 4.69) is 15.9 Å². The van der Waals surface area contributed by atoms with Crippen LogP contribution in [0.3, 0.4) is 0 Å². The van der Waals surface area contributed by atoms with Gasteiger partial charge in [0.1, 0.15) is 0 Å². The first-order valence-corrected chi connectivity index (χ1v) is 4.93. The number of carbonyl (C=O) groups is 1. The summed E-state index contributed by atoms with van der Waals surface area (Å²) in [7, 11) is 0. The van der Waals surface area contributed by atoms with E-state index in [0.29, 0.717) is 6.54 Å². The quantitative estimate of drug-likeness (QED) is 0.725. The van der Waals surface area contributed by atoms with Crippen LogP contribution in [0.25, 0.3) is 0 Å². The lowest BCUT2D eigenvalue weighted by Gasteiger charge is -2.20. The van der Waals surface area contributed by atoms with Gasteiger partial charge in [-0.3, -0.25) is 0 Å². The van der Waals surface area contributed by atoms with Crippen LogP contribution >= 0.6 is 15.9 Å². The molecule has 0 aromatic heterocycles. The van der Waals surface area contributed by atoms with Gasteiger partial charge < -0.3 is 10.0 Å². The minimum Gasteiger partial charge on any atom is -0.465 e. The predicted octanol–water partition coefficient (Wildman–Crippen LogP) is 1.91. The Morgan fingerprint density at radius 2 is 2.45 bits per heavy atom. The number of likely N-dealkylation sites (tertiary alicyclic amines) is 1. The van der Waals surface area contributed by atoms with E-state index in [1.165, 1.54) is 0 Å². The zero-order valence-electron chi connectivity index (χ0n) is 6.29. The van der Waals surface area contributed by atoms with E-state index >= 15 is 0 Å². The second-order valence-corrected chi connectivity index (χ2v) is 3.54. The van der Waals surface area contributed by atoms with Crippen LogP contribution in [-0.2, 0) is 0 Å². The van der Waals surface area contributed by atoms with Crippen molar-refractivity contribution in [2.75, 3.05) is 11.9 Å². The molecule has 0 saturated carbocycles. The molecule has 0 aromatic carbocycles. The number of hydrogen-bond donors (Lipinski definition) is 1. The second-order valence-electron chi connectivity index (χ2n) is 2.75. The van der Waals surface area contributed by atoms with Crippen molar-refractivity contribution in [2.45, 2.75) is 25.3 Å². The molecule has 1 amide bonds. The number of halogens is 1. The number of rotatable bonds is 2. The molecule has 1 unspecified atom stereocenters. The van der Waals surface area contributed by atoms with Crippen molar-refractivity contribution in [2.24, 2.45) is 0 Å². The molecule has 1 aliphatic rings. The molecular weight excluding hydrogens is 210 g/mol. The van der Waals surface area contributed by atoms with Gasteiger partial charge in [-0.15, -0.1) is 0 Å². The summed E-state index contributed by atoms with van der Waals surface area (Å²) in [5.41, 5.74) is 0. The van der Waals surface area contributed by atoms with Crippen LogP contribution in [0, 0.1) is 0 Å². The van der Waals surface area contributed by atoms with Gasteiger partial charge in [0.2, 0.25) is 0 Å². The van der Waals surface area contributed by atoms with E-state index < -0.39 is 6.09 Å². The standard InChI is InChI=1S/C7H12BrNO2/c8-4-3-6-2-1-5-9(6)7(10)11/h6H,1-5H2,(H,10,11). The Bertz CT molecular complexity index is 151. The zero-order valence-corrected chi connectivity index (χ0v) is 7.88.